The fourth-order valence-electron chi connectivity index (χ4n) is 5.62. The van der Waals surface area contributed by atoms with Crippen LogP contribution >= 0.6 is 0 Å². The Morgan fingerprint density at radius 1 is 1.20 bits per heavy atom. The molecule has 0 unspecified atom stereocenters. The van der Waals surface area contributed by atoms with E-state index in [2.05, 4.69) is 14.7 Å². The Bertz CT molecular complexity index is 1530. The average Bonchev–Trinajstić information content (AvgIpc) is 3.56. The molecule has 2 fully saturated rings. The van der Waals surface area contributed by atoms with E-state index in [1.807, 2.05) is 13.0 Å². The Hall–Kier alpha value is -4.09. The number of carbonyl (C=O) groups is 2. The number of anilines is 1. The normalized spacial score (nSPS) is 20.5. The van der Waals surface area contributed by atoms with Gasteiger partial charge in [0.25, 0.3) is 0 Å². The van der Waals surface area contributed by atoms with Gasteiger partial charge in [-0.2, -0.15) is 18.3 Å². The summed E-state index contributed by atoms with van der Waals surface area (Å²) in [6.45, 7) is 2.68. The van der Waals surface area contributed by atoms with Crippen molar-refractivity contribution in [1.82, 2.24) is 14.6 Å². The highest BCUT2D eigenvalue weighted by Gasteiger charge is 2.42. The first-order valence-electron chi connectivity index (χ1n) is 13.4. The lowest BCUT2D eigenvalue weighted by Gasteiger charge is -2.27. The van der Waals surface area contributed by atoms with Crippen LogP contribution in [0.3, 0.4) is 0 Å². The van der Waals surface area contributed by atoms with Crippen molar-refractivity contribution in [3.05, 3.63) is 70.8 Å². The molecule has 12 heteroatoms. The second kappa shape index (κ2) is 11.4. The topological polar surface area (TPSA) is 101 Å². The Labute approximate surface area is 233 Å². The van der Waals surface area contributed by atoms with Crippen molar-refractivity contribution in [2.45, 2.75) is 70.2 Å². The summed E-state index contributed by atoms with van der Waals surface area (Å²) in [7, 11) is 0. The minimum Gasteiger partial charge on any atom is -0.455 e. The number of hydrogen-bond donors (Lipinski definition) is 1. The van der Waals surface area contributed by atoms with Crippen LogP contribution in [-0.2, 0) is 14.3 Å². The monoisotopic (exact) mass is 571 g/mol. The third kappa shape index (κ3) is 6.31. The van der Waals surface area contributed by atoms with E-state index in [-0.39, 0.29) is 42.6 Å². The Morgan fingerprint density at radius 2 is 2.00 bits per heavy atom. The third-order valence-corrected chi connectivity index (χ3v) is 7.56. The van der Waals surface area contributed by atoms with E-state index in [9.17, 15) is 27.2 Å². The van der Waals surface area contributed by atoms with Gasteiger partial charge in [-0.3, -0.25) is 4.79 Å². The van der Waals surface area contributed by atoms with E-state index in [4.69, 9.17) is 10.4 Å². The molecule has 3 aromatic rings. The van der Waals surface area contributed by atoms with Crippen molar-refractivity contribution < 1.29 is 31.9 Å². The molecule has 0 spiro atoms. The van der Waals surface area contributed by atoms with Gasteiger partial charge in [0, 0.05) is 19.2 Å². The molecule has 3 heterocycles. The molecule has 2 aromatic heterocycles. The molecule has 8 nitrogen and oxygen atoms in total. The number of hydrogen-bond acceptors (Lipinski definition) is 7. The van der Waals surface area contributed by atoms with Crippen LogP contribution in [0.5, 0.6) is 0 Å². The number of ether oxygens (including phenoxy) is 1. The summed E-state index contributed by atoms with van der Waals surface area (Å²) >= 11 is 0. The minimum absolute atomic E-state index is 0.00121. The lowest BCUT2D eigenvalue weighted by atomic mass is 9.91. The molecule has 1 N–H and O–H groups in total. The maximum atomic E-state index is 14.0. The first-order valence-corrected chi connectivity index (χ1v) is 13.4. The molecule has 1 saturated carbocycles. The van der Waals surface area contributed by atoms with Gasteiger partial charge in [-0.05, 0) is 74.4 Å². The number of rotatable bonds is 7. The minimum atomic E-state index is -5.07. The first kappa shape index (κ1) is 28.4. The Balaban J connectivity index is 1.30. The maximum absolute atomic E-state index is 14.0. The smallest absolute Gasteiger partial charge is 0.455 e. The predicted octanol–water partition coefficient (Wildman–Crippen LogP) is 5.82. The molecule has 1 aromatic carbocycles. The zero-order valence-corrected chi connectivity index (χ0v) is 22.4. The number of carbonyl (C=O) groups excluding carboxylic acids is 2. The summed E-state index contributed by atoms with van der Waals surface area (Å²) in [4.78, 5) is 30.8. The van der Waals surface area contributed by atoms with Crippen molar-refractivity contribution in [1.29, 1.82) is 5.41 Å². The summed E-state index contributed by atoms with van der Waals surface area (Å²) in [5.74, 6) is -2.25. The van der Waals surface area contributed by atoms with Gasteiger partial charge in [0.2, 0.25) is 0 Å². The molecular weight excluding hydrogens is 542 g/mol. The quantitative estimate of drug-likeness (QED) is 0.166. The highest BCUT2D eigenvalue weighted by atomic mass is 19.4. The van der Waals surface area contributed by atoms with E-state index >= 15 is 0 Å². The van der Waals surface area contributed by atoms with Crippen LogP contribution in [0.2, 0.25) is 0 Å². The molecule has 0 radical (unpaired) electrons. The molecule has 0 bridgehead atoms. The first-order chi connectivity index (χ1) is 19.5. The largest absolute Gasteiger partial charge is 0.490 e. The summed E-state index contributed by atoms with van der Waals surface area (Å²) in [5, 5.41) is 12.9. The number of halogens is 4. The number of allylic oxidation sites excluding steroid dienone is 1. The molecule has 0 amide bonds. The van der Waals surface area contributed by atoms with E-state index in [0.717, 1.165) is 30.5 Å². The van der Waals surface area contributed by atoms with Gasteiger partial charge in [-0.1, -0.05) is 11.6 Å². The second-order valence-corrected chi connectivity index (χ2v) is 10.5. The fourth-order valence-corrected chi connectivity index (χ4v) is 5.62. The summed E-state index contributed by atoms with van der Waals surface area (Å²) in [5.41, 5.74) is 3.28. The number of alkyl halides is 3. The number of aromatic nitrogens is 3. The van der Waals surface area contributed by atoms with Gasteiger partial charge < -0.3 is 15.0 Å². The standard InChI is InChI=1S/C29H29F4N5O3/c1-17-7-8-19(30)14-22(17)25-6-3-10-37(25)26-9-11-38-27(36-26)23(16-35-38)24(34)15-20(39)12-18-4-2-5-21(13-18)41-28(40)29(31,32)33/h7-9,11-12,14,16,21,25,34H,2-6,10,13,15H2,1H3/b18-12-,34-24?/t21-,25+/m0/s1. The number of fused-ring (bicyclic) bond motifs is 1. The molecule has 41 heavy (non-hydrogen) atoms. The predicted molar refractivity (Wildman–Crippen MR) is 142 cm³/mol. The van der Waals surface area contributed by atoms with Crippen molar-refractivity contribution in [3.8, 4) is 0 Å². The second-order valence-electron chi connectivity index (χ2n) is 10.5. The molecule has 2 atom stereocenters. The van der Waals surface area contributed by atoms with Gasteiger partial charge >= 0.3 is 12.1 Å². The maximum Gasteiger partial charge on any atom is 0.490 e. The number of esters is 1. The third-order valence-electron chi connectivity index (χ3n) is 7.56. The van der Waals surface area contributed by atoms with Gasteiger partial charge in [-0.15, -0.1) is 0 Å². The lowest BCUT2D eigenvalue weighted by molar-refractivity contribution is -0.205. The molecule has 2 aliphatic rings. The molecular formula is C29H29F4N5O3. The SMILES string of the molecule is Cc1ccc(F)cc1[C@H]1CCCN1c1ccn2ncc(C(=N)CC(=O)/C=C3/CCC[C@H](OC(=O)C(F)(F)F)C3)c2n1. The summed E-state index contributed by atoms with van der Waals surface area (Å²) in [6, 6.07) is 6.55. The van der Waals surface area contributed by atoms with Crippen LogP contribution < -0.4 is 4.90 Å². The molecule has 5 rings (SSSR count). The zero-order chi connectivity index (χ0) is 29.3. The number of nitrogens with one attached hydrogen (secondary N) is 1. The molecule has 1 aliphatic heterocycles. The van der Waals surface area contributed by atoms with E-state index in [0.29, 0.717) is 35.4 Å². The van der Waals surface area contributed by atoms with E-state index in [1.165, 1.54) is 22.9 Å². The van der Waals surface area contributed by atoms with Gasteiger partial charge in [0.1, 0.15) is 17.7 Å². The van der Waals surface area contributed by atoms with Crippen LogP contribution in [-0.4, -0.2) is 50.9 Å². The van der Waals surface area contributed by atoms with Crippen molar-refractivity contribution in [2.24, 2.45) is 0 Å². The van der Waals surface area contributed by atoms with Gasteiger partial charge in [-0.25, -0.2) is 18.7 Å². The van der Waals surface area contributed by atoms with E-state index in [1.54, 1.807) is 18.3 Å². The van der Waals surface area contributed by atoms with Crippen LogP contribution in [0.25, 0.3) is 5.65 Å². The van der Waals surface area contributed by atoms with Crippen molar-refractivity contribution in [3.63, 3.8) is 0 Å². The Morgan fingerprint density at radius 3 is 2.78 bits per heavy atom. The number of benzene rings is 1. The van der Waals surface area contributed by atoms with Crippen LogP contribution in [0.1, 0.15) is 67.7 Å². The fraction of sp³-hybridized carbons (Fsp3) is 0.414. The van der Waals surface area contributed by atoms with Crippen molar-refractivity contribution in [2.75, 3.05) is 11.4 Å². The van der Waals surface area contributed by atoms with Crippen LogP contribution in [0.4, 0.5) is 23.4 Å². The summed E-state index contributed by atoms with van der Waals surface area (Å²) < 4.78 is 57.8. The number of aryl methyl sites for hydroxylation is 1. The zero-order valence-electron chi connectivity index (χ0n) is 22.4. The highest BCUT2D eigenvalue weighted by Crippen LogP contribution is 2.37. The number of nitrogens with zero attached hydrogens (tertiary/aromatic N) is 4. The molecule has 216 valence electrons. The summed E-state index contributed by atoms with van der Waals surface area (Å²) in [6.07, 6.45) is 1.36. The van der Waals surface area contributed by atoms with Gasteiger partial charge in [0.15, 0.2) is 11.4 Å². The van der Waals surface area contributed by atoms with Crippen molar-refractivity contribution >= 4 is 28.9 Å². The van der Waals surface area contributed by atoms with Gasteiger partial charge in [0.05, 0.1) is 29.9 Å². The van der Waals surface area contributed by atoms with Crippen LogP contribution in [0.15, 0.2) is 48.3 Å². The Kier molecular flexibility index (Phi) is 7.92. The lowest BCUT2D eigenvalue weighted by Crippen LogP contribution is -2.31. The molecule has 1 saturated heterocycles. The number of ketones is 1. The highest BCUT2D eigenvalue weighted by molar-refractivity contribution is 6.14. The average molecular weight is 572 g/mol. The molecule has 1 aliphatic carbocycles. The van der Waals surface area contributed by atoms with Crippen LogP contribution in [0, 0.1) is 18.2 Å². The van der Waals surface area contributed by atoms with E-state index < -0.39 is 18.2 Å².